The Morgan fingerprint density at radius 2 is 1.92 bits per heavy atom. The molecule has 0 fully saturated rings. The van der Waals surface area contributed by atoms with Gasteiger partial charge >= 0.3 is 12.1 Å². The molecule has 134 valence electrons. The number of esters is 1. The highest BCUT2D eigenvalue weighted by Crippen LogP contribution is 2.31. The highest BCUT2D eigenvalue weighted by molar-refractivity contribution is 5.89. The quantitative estimate of drug-likeness (QED) is 0.667. The van der Waals surface area contributed by atoms with Crippen LogP contribution < -0.4 is 0 Å². The third-order valence-electron chi connectivity index (χ3n) is 3.57. The van der Waals surface area contributed by atoms with E-state index in [4.69, 9.17) is 0 Å². The molecule has 9 heteroatoms. The van der Waals surface area contributed by atoms with Crippen LogP contribution in [0.15, 0.2) is 48.5 Å². The Labute approximate surface area is 146 Å². The first-order chi connectivity index (χ1) is 12.4. The minimum Gasteiger partial charge on any atom is -0.465 e. The maximum Gasteiger partial charge on any atom is 0.416 e. The summed E-state index contributed by atoms with van der Waals surface area (Å²) in [6, 6.07) is 11.4. The number of methoxy groups -OCH3 is 1. The number of benzene rings is 2. The highest BCUT2D eigenvalue weighted by Gasteiger charge is 2.30. The Morgan fingerprint density at radius 3 is 2.65 bits per heavy atom. The molecule has 0 amide bonds. The van der Waals surface area contributed by atoms with Crippen LogP contribution in [0.1, 0.15) is 21.5 Å². The molecule has 3 aromatic rings. The van der Waals surface area contributed by atoms with E-state index in [0.29, 0.717) is 5.56 Å². The third kappa shape index (κ3) is 3.88. The number of carbonyl (C=O) groups is 1. The summed E-state index contributed by atoms with van der Waals surface area (Å²) in [7, 11) is 1.29. The van der Waals surface area contributed by atoms with Crippen LogP contribution in [0, 0.1) is 0 Å². The Morgan fingerprint density at radius 1 is 1.15 bits per heavy atom. The number of nitrogens with zero attached hydrogens (tertiary/aromatic N) is 4. The SMILES string of the molecule is COC(=O)c1cccc(Cn2nnc(-c3cccc(C(F)(F)F)c3)n2)c1. The number of halogens is 3. The number of tetrazole rings is 1. The average molecular weight is 362 g/mol. The molecule has 0 N–H and O–H groups in total. The second-order valence-corrected chi connectivity index (χ2v) is 5.41. The largest absolute Gasteiger partial charge is 0.465 e. The van der Waals surface area contributed by atoms with Crippen molar-refractivity contribution in [2.24, 2.45) is 0 Å². The summed E-state index contributed by atoms with van der Waals surface area (Å²) in [6.07, 6.45) is -4.44. The van der Waals surface area contributed by atoms with Crippen LogP contribution in [0.3, 0.4) is 0 Å². The van der Waals surface area contributed by atoms with E-state index in [9.17, 15) is 18.0 Å². The number of rotatable bonds is 4. The van der Waals surface area contributed by atoms with Gasteiger partial charge in [0.1, 0.15) is 0 Å². The van der Waals surface area contributed by atoms with Crippen molar-refractivity contribution < 1.29 is 22.7 Å². The Kier molecular flexibility index (Phi) is 4.70. The van der Waals surface area contributed by atoms with Crippen molar-refractivity contribution >= 4 is 5.97 Å². The maximum absolute atomic E-state index is 12.8. The summed E-state index contributed by atoms with van der Waals surface area (Å²) < 4.78 is 43.1. The van der Waals surface area contributed by atoms with Gasteiger partial charge < -0.3 is 4.74 Å². The summed E-state index contributed by atoms with van der Waals surface area (Å²) >= 11 is 0. The van der Waals surface area contributed by atoms with Gasteiger partial charge in [0, 0.05) is 5.56 Å². The van der Waals surface area contributed by atoms with Crippen molar-refractivity contribution in [3.8, 4) is 11.4 Å². The maximum atomic E-state index is 12.8. The molecule has 3 rings (SSSR count). The molecule has 1 heterocycles. The average Bonchev–Trinajstić information content (AvgIpc) is 3.09. The Balaban J connectivity index is 1.82. The van der Waals surface area contributed by atoms with Crippen molar-refractivity contribution in [3.05, 3.63) is 65.2 Å². The number of carbonyl (C=O) groups excluding carboxylic acids is 1. The fourth-order valence-electron chi connectivity index (χ4n) is 2.34. The first-order valence-corrected chi connectivity index (χ1v) is 7.49. The summed E-state index contributed by atoms with van der Waals surface area (Å²) in [5, 5.41) is 11.8. The lowest BCUT2D eigenvalue weighted by atomic mass is 10.1. The standard InChI is InChI=1S/C17H13F3N4O2/c1-26-16(25)13-6-2-4-11(8-13)10-24-22-15(21-23-24)12-5-3-7-14(9-12)17(18,19)20/h2-9H,10H2,1H3. The van der Waals surface area contributed by atoms with Gasteiger partial charge in [0.05, 0.1) is 24.8 Å². The number of hydrogen-bond acceptors (Lipinski definition) is 5. The molecule has 0 aliphatic rings. The lowest BCUT2D eigenvalue weighted by molar-refractivity contribution is -0.137. The molecule has 2 aromatic carbocycles. The molecule has 0 radical (unpaired) electrons. The summed E-state index contributed by atoms with van der Waals surface area (Å²) in [5.41, 5.74) is 0.538. The van der Waals surface area contributed by atoms with Gasteiger partial charge in [-0.25, -0.2) is 4.79 Å². The fourth-order valence-corrected chi connectivity index (χ4v) is 2.34. The van der Waals surface area contributed by atoms with E-state index in [1.54, 1.807) is 24.3 Å². The lowest BCUT2D eigenvalue weighted by Gasteiger charge is -2.06. The van der Waals surface area contributed by atoms with Crippen LogP contribution in [0.4, 0.5) is 13.2 Å². The first kappa shape index (κ1) is 17.6. The van der Waals surface area contributed by atoms with Crippen LogP contribution in [-0.2, 0) is 17.5 Å². The van der Waals surface area contributed by atoms with E-state index in [0.717, 1.165) is 17.7 Å². The van der Waals surface area contributed by atoms with Gasteiger partial charge in [0.15, 0.2) is 0 Å². The molecular formula is C17H13F3N4O2. The molecule has 0 saturated heterocycles. The third-order valence-corrected chi connectivity index (χ3v) is 3.57. The number of hydrogen-bond donors (Lipinski definition) is 0. The number of ether oxygens (including phenoxy) is 1. The number of aromatic nitrogens is 4. The van der Waals surface area contributed by atoms with Gasteiger partial charge in [-0.3, -0.25) is 0 Å². The Hall–Kier alpha value is -3.23. The van der Waals surface area contributed by atoms with Crippen molar-refractivity contribution in [1.82, 2.24) is 20.2 Å². The van der Waals surface area contributed by atoms with Crippen molar-refractivity contribution in [3.63, 3.8) is 0 Å². The smallest absolute Gasteiger partial charge is 0.416 e. The fraction of sp³-hybridized carbons (Fsp3) is 0.176. The van der Waals surface area contributed by atoms with Crippen LogP contribution >= 0.6 is 0 Å². The zero-order valence-electron chi connectivity index (χ0n) is 13.6. The molecule has 0 saturated carbocycles. The van der Waals surface area contributed by atoms with Crippen molar-refractivity contribution in [2.45, 2.75) is 12.7 Å². The summed E-state index contributed by atoms with van der Waals surface area (Å²) in [4.78, 5) is 12.8. The molecule has 0 bridgehead atoms. The molecular weight excluding hydrogens is 349 g/mol. The van der Waals surface area contributed by atoms with E-state index in [2.05, 4.69) is 20.1 Å². The minimum atomic E-state index is -4.44. The van der Waals surface area contributed by atoms with E-state index in [1.165, 1.54) is 24.0 Å². The molecule has 0 aliphatic heterocycles. The van der Waals surface area contributed by atoms with Crippen molar-refractivity contribution in [2.75, 3.05) is 7.11 Å². The topological polar surface area (TPSA) is 69.9 Å². The van der Waals surface area contributed by atoms with Gasteiger partial charge in [-0.05, 0) is 35.0 Å². The van der Waals surface area contributed by atoms with Gasteiger partial charge in [0.2, 0.25) is 5.82 Å². The Bertz CT molecular complexity index is 938. The molecule has 0 unspecified atom stereocenters. The second kappa shape index (κ2) is 6.95. The molecule has 1 aromatic heterocycles. The number of alkyl halides is 3. The normalized spacial score (nSPS) is 11.4. The van der Waals surface area contributed by atoms with Gasteiger partial charge in [-0.15, -0.1) is 10.2 Å². The lowest BCUT2D eigenvalue weighted by Crippen LogP contribution is -2.06. The molecule has 0 atom stereocenters. The molecule has 26 heavy (non-hydrogen) atoms. The summed E-state index contributed by atoms with van der Waals surface area (Å²) in [6.45, 7) is 0.205. The van der Waals surface area contributed by atoms with Crippen LogP contribution in [0.5, 0.6) is 0 Å². The van der Waals surface area contributed by atoms with E-state index >= 15 is 0 Å². The van der Waals surface area contributed by atoms with Gasteiger partial charge in [-0.2, -0.15) is 18.0 Å². The monoisotopic (exact) mass is 362 g/mol. The van der Waals surface area contributed by atoms with Crippen molar-refractivity contribution in [1.29, 1.82) is 0 Å². The predicted molar refractivity (Wildman–Crippen MR) is 85.1 cm³/mol. The first-order valence-electron chi connectivity index (χ1n) is 7.49. The molecule has 6 nitrogen and oxygen atoms in total. The zero-order chi connectivity index (χ0) is 18.7. The molecule has 0 aliphatic carbocycles. The minimum absolute atomic E-state index is 0.0835. The molecule has 0 spiro atoms. The van der Waals surface area contributed by atoms with Gasteiger partial charge in [-0.1, -0.05) is 24.3 Å². The van der Waals surface area contributed by atoms with Crippen LogP contribution in [0.25, 0.3) is 11.4 Å². The van der Waals surface area contributed by atoms with E-state index in [-0.39, 0.29) is 17.9 Å². The van der Waals surface area contributed by atoms with Crippen LogP contribution in [-0.4, -0.2) is 33.3 Å². The van der Waals surface area contributed by atoms with Gasteiger partial charge in [0.25, 0.3) is 0 Å². The second-order valence-electron chi connectivity index (χ2n) is 5.41. The summed E-state index contributed by atoms with van der Waals surface area (Å²) in [5.74, 6) is -0.386. The van der Waals surface area contributed by atoms with Crippen LogP contribution in [0.2, 0.25) is 0 Å². The zero-order valence-corrected chi connectivity index (χ0v) is 13.6. The predicted octanol–water partition coefficient (Wildman–Crippen LogP) is 3.19. The van der Waals surface area contributed by atoms with E-state index in [1.807, 2.05) is 0 Å². The van der Waals surface area contributed by atoms with E-state index < -0.39 is 17.7 Å². The highest BCUT2D eigenvalue weighted by atomic mass is 19.4.